The molecule has 4 rings (SSSR count). The van der Waals surface area contributed by atoms with Gasteiger partial charge in [-0.1, -0.05) is 36.4 Å². The van der Waals surface area contributed by atoms with E-state index in [1.807, 2.05) is 42.5 Å². The highest BCUT2D eigenvalue weighted by Crippen LogP contribution is 2.34. The smallest absolute Gasteiger partial charge is 0.195 e. The Labute approximate surface area is 127 Å². The van der Waals surface area contributed by atoms with Gasteiger partial charge in [-0.3, -0.25) is 4.79 Å². The SMILES string of the molecule is O=c1c2cccc(Br)c2sc2c1ccc1ccccc12. The maximum atomic E-state index is 12.7. The zero-order valence-corrected chi connectivity index (χ0v) is 12.8. The third-order valence-electron chi connectivity index (χ3n) is 3.54. The molecule has 0 saturated carbocycles. The topological polar surface area (TPSA) is 17.1 Å². The third kappa shape index (κ3) is 1.63. The largest absolute Gasteiger partial charge is 0.289 e. The molecule has 0 radical (unpaired) electrons. The molecule has 0 atom stereocenters. The van der Waals surface area contributed by atoms with Gasteiger partial charge in [0.05, 0.1) is 4.70 Å². The van der Waals surface area contributed by atoms with E-state index < -0.39 is 0 Å². The van der Waals surface area contributed by atoms with Crippen molar-refractivity contribution in [2.45, 2.75) is 0 Å². The highest BCUT2D eigenvalue weighted by atomic mass is 79.9. The lowest BCUT2D eigenvalue weighted by Gasteiger charge is -2.05. The van der Waals surface area contributed by atoms with E-state index >= 15 is 0 Å². The Hall–Kier alpha value is -1.71. The summed E-state index contributed by atoms with van der Waals surface area (Å²) in [5.41, 5.74) is 0.112. The fraction of sp³-hybridized carbons (Fsp3) is 0. The van der Waals surface area contributed by atoms with Crippen LogP contribution < -0.4 is 5.43 Å². The number of hydrogen-bond acceptors (Lipinski definition) is 2. The van der Waals surface area contributed by atoms with Crippen LogP contribution in [0.15, 0.2) is 63.9 Å². The minimum atomic E-state index is 0.112. The molecule has 0 bridgehead atoms. The second kappa shape index (κ2) is 4.40. The van der Waals surface area contributed by atoms with Gasteiger partial charge >= 0.3 is 0 Å². The first kappa shape index (κ1) is 12.1. The molecule has 0 aliphatic carbocycles. The normalized spacial score (nSPS) is 11.4. The number of benzene rings is 3. The zero-order valence-electron chi connectivity index (χ0n) is 10.4. The first-order valence-electron chi connectivity index (χ1n) is 6.28. The predicted molar refractivity (Wildman–Crippen MR) is 90.8 cm³/mol. The van der Waals surface area contributed by atoms with Crippen molar-refractivity contribution in [3.8, 4) is 0 Å². The van der Waals surface area contributed by atoms with Crippen LogP contribution in [0.25, 0.3) is 30.9 Å². The minimum Gasteiger partial charge on any atom is -0.289 e. The molecular weight excluding hydrogens is 332 g/mol. The van der Waals surface area contributed by atoms with Crippen LogP contribution in [-0.4, -0.2) is 0 Å². The molecule has 0 amide bonds. The van der Waals surface area contributed by atoms with E-state index in [2.05, 4.69) is 28.1 Å². The zero-order chi connectivity index (χ0) is 13.7. The molecule has 20 heavy (non-hydrogen) atoms. The number of rotatable bonds is 0. The minimum absolute atomic E-state index is 0.112. The number of hydrogen-bond donors (Lipinski definition) is 0. The average molecular weight is 341 g/mol. The molecule has 0 spiro atoms. The van der Waals surface area contributed by atoms with Crippen LogP contribution >= 0.6 is 27.3 Å². The fourth-order valence-electron chi connectivity index (χ4n) is 2.57. The summed E-state index contributed by atoms with van der Waals surface area (Å²) >= 11 is 5.23. The molecule has 3 aromatic carbocycles. The summed E-state index contributed by atoms with van der Waals surface area (Å²) in [4.78, 5) is 12.7. The van der Waals surface area contributed by atoms with Crippen molar-refractivity contribution in [2.24, 2.45) is 0 Å². The molecule has 1 nitrogen and oxygen atoms in total. The summed E-state index contributed by atoms with van der Waals surface area (Å²) in [7, 11) is 0. The van der Waals surface area contributed by atoms with Crippen molar-refractivity contribution in [2.75, 3.05) is 0 Å². The maximum Gasteiger partial charge on any atom is 0.195 e. The van der Waals surface area contributed by atoms with Crippen molar-refractivity contribution < 1.29 is 0 Å². The highest BCUT2D eigenvalue weighted by Gasteiger charge is 2.10. The van der Waals surface area contributed by atoms with Crippen LogP contribution in [0.3, 0.4) is 0 Å². The van der Waals surface area contributed by atoms with Crippen LogP contribution in [0.5, 0.6) is 0 Å². The molecule has 0 saturated heterocycles. The lowest BCUT2D eigenvalue weighted by molar-refractivity contribution is 1.73. The summed E-state index contributed by atoms with van der Waals surface area (Å²) in [5.74, 6) is 0. The quantitative estimate of drug-likeness (QED) is 0.312. The Kier molecular flexibility index (Phi) is 2.65. The van der Waals surface area contributed by atoms with Gasteiger partial charge in [0, 0.05) is 19.9 Å². The second-order valence-corrected chi connectivity index (χ2v) is 6.59. The van der Waals surface area contributed by atoms with Crippen molar-refractivity contribution in [1.29, 1.82) is 0 Å². The van der Waals surface area contributed by atoms with Crippen molar-refractivity contribution in [3.63, 3.8) is 0 Å². The Bertz CT molecular complexity index is 1030. The lowest BCUT2D eigenvalue weighted by atomic mass is 10.1. The summed E-state index contributed by atoms with van der Waals surface area (Å²) in [6.45, 7) is 0. The van der Waals surface area contributed by atoms with Crippen LogP contribution in [0.4, 0.5) is 0 Å². The summed E-state index contributed by atoms with van der Waals surface area (Å²) in [6.07, 6.45) is 0. The van der Waals surface area contributed by atoms with E-state index in [1.165, 1.54) is 5.39 Å². The maximum absolute atomic E-state index is 12.7. The summed E-state index contributed by atoms with van der Waals surface area (Å²) in [5, 5.41) is 3.90. The van der Waals surface area contributed by atoms with Gasteiger partial charge in [0.2, 0.25) is 0 Å². The Morgan fingerprint density at radius 1 is 0.750 bits per heavy atom. The molecule has 0 aliphatic rings. The Balaban J connectivity index is 2.36. The molecule has 0 aliphatic heterocycles. The van der Waals surface area contributed by atoms with Gasteiger partial charge in [0.25, 0.3) is 0 Å². The molecule has 1 aromatic heterocycles. The first-order valence-corrected chi connectivity index (χ1v) is 7.89. The summed E-state index contributed by atoms with van der Waals surface area (Å²) in [6, 6.07) is 18.0. The number of fused-ring (bicyclic) bond motifs is 4. The molecular formula is C17H9BrOS. The Morgan fingerprint density at radius 2 is 1.50 bits per heavy atom. The summed E-state index contributed by atoms with van der Waals surface area (Å²) < 4.78 is 3.06. The molecule has 4 aromatic rings. The molecule has 0 N–H and O–H groups in total. The van der Waals surface area contributed by atoms with Crippen LogP contribution in [-0.2, 0) is 0 Å². The highest BCUT2D eigenvalue weighted by molar-refractivity contribution is 9.10. The van der Waals surface area contributed by atoms with Crippen molar-refractivity contribution in [3.05, 3.63) is 69.3 Å². The fourth-order valence-corrected chi connectivity index (χ4v) is 4.39. The predicted octanol–water partition coefficient (Wildman–Crippen LogP) is 5.33. The van der Waals surface area contributed by atoms with Gasteiger partial charge in [-0.15, -0.1) is 11.3 Å². The van der Waals surface area contributed by atoms with E-state index in [1.54, 1.807) is 11.3 Å². The lowest BCUT2D eigenvalue weighted by Crippen LogP contribution is -2.01. The van der Waals surface area contributed by atoms with Crippen LogP contribution in [0.2, 0.25) is 0 Å². The van der Waals surface area contributed by atoms with Gasteiger partial charge in [0.1, 0.15) is 0 Å². The molecule has 96 valence electrons. The average Bonchev–Trinajstić information content (AvgIpc) is 2.48. The van der Waals surface area contributed by atoms with E-state index in [0.29, 0.717) is 0 Å². The van der Waals surface area contributed by atoms with E-state index in [4.69, 9.17) is 0 Å². The van der Waals surface area contributed by atoms with Gasteiger partial charge in [0.15, 0.2) is 5.43 Å². The van der Waals surface area contributed by atoms with Crippen LogP contribution in [0.1, 0.15) is 0 Å². The molecule has 3 heteroatoms. The van der Waals surface area contributed by atoms with Gasteiger partial charge in [-0.05, 0) is 44.9 Å². The Morgan fingerprint density at radius 3 is 2.40 bits per heavy atom. The van der Waals surface area contributed by atoms with E-state index in [9.17, 15) is 4.79 Å². The first-order chi connectivity index (χ1) is 9.75. The molecule has 0 fully saturated rings. The van der Waals surface area contributed by atoms with Gasteiger partial charge < -0.3 is 0 Å². The standard InChI is InChI=1S/C17H9BrOS/c18-14-7-3-6-12-15(19)13-9-8-10-4-1-2-5-11(10)16(13)20-17(12)14/h1-9H. The monoisotopic (exact) mass is 340 g/mol. The number of halogens is 1. The molecule has 1 heterocycles. The van der Waals surface area contributed by atoms with Crippen molar-refractivity contribution in [1.82, 2.24) is 0 Å². The third-order valence-corrected chi connectivity index (χ3v) is 5.75. The van der Waals surface area contributed by atoms with Gasteiger partial charge in [-0.25, -0.2) is 0 Å². The van der Waals surface area contributed by atoms with E-state index in [0.717, 1.165) is 30.0 Å². The second-order valence-electron chi connectivity index (χ2n) is 4.71. The van der Waals surface area contributed by atoms with E-state index in [-0.39, 0.29) is 5.43 Å². The van der Waals surface area contributed by atoms with Crippen LogP contribution in [0, 0.1) is 0 Å². The van der Waals surface area contributed by atoms with Crippen molar-refractivity contribution >= 4 is 58.2 Å². The molecule has 0 unspecified atom stereocenters. The van der Waals surface area contributed by atoms with Gasteiger partial charge in [-0.2, -0.15) is 0 Å².